The maximum absolute atomic E-state index is 13.5. The summed E-state index contributed by atoms with van der Waals surface area (Å²) < 4.78 is 34.6. The van der Waals surface area contributed by atoms with Crippen LogP contribution in [0.15, 0.2) is 54.6 Å². The summed E-state index contributed by atoms with van der Waals surface area (Å²) in [4.78, 5) is 15.1. The quantitative estimate of drug-likeness (QED) is 0.424. The normalized spacial score (nSPS) is 10.9. The van der Waals surface area contributed by atoms with E-state index < -0.39 is 11.6 Å². The Kier molecular flexibility index (Phi) is 8.60. The summed E-state index contributed by atoms with van der Waals surface area (Å²) in [5, 5.41) is 2.84. The highest BCUT2D eigenvalue weighted by Crippen LogP contribution is 2.26. The lowest BCUT2D eigenvalue weighted by molar-refractivity contribution is 0.0951. The van der Waals surface area contributed by atoms with Crippen LogP contribution in [0.1, 0.15) is 40.5 Å². The molecule has 1 heterocycles. The van der Waals surface area contributed by atoms with Crippen LogP contribution in [0.4, 0.5) is 14.6 Å². The van der Waals surface area contributed by atoms with E-state index in [0.29, 0.717) is 37.3 Å². The zero-order valence-electron chi connectivity index (χ0n) is 19.4. The first kappa shape index (κ1) is 24.5. The number of benzene rings is 2. The van der Waals surface area contributed by atoms with Gasteiger partial charge in [-0.25, -0.2) is 8.78 Å². The van der Waals surface area contributed by atoms with Crippen molar-refractivity contribution in [2.24, 2.45) is 0 Å². The van der Waals surface area contributed by atoms with E-state index in [0.717, 1.165) is 35.6 Å². The molecule has 33 heavy (non-hydrogen) atoms. The third-order valence-electron chi connectivity index (χ3n) is 5.29. The van der Waals surface area contributed by atoms with Crippen molar-refractivity contribution in [3.63, 3.8) is 0 Å². The molecule has 0 saturated heterocycles. The van der Waals surface area contributed by atoms with E-state index in [1.807, 2.05) is 43.3 Å². The second-order valence-corrected chi connectivity index (χ2v) is 8.13. The van der Waals surface area contributed by atoms with Crippen LogP contribution in [0.3, 0.4) is 0 Å². The Labute approximate surface area is 194 Å². The van der Waals surface area contributed by atoms with Crippen LogP contribution >= 0.6 is 0 Å². The molecule has 0 aliphatic heterocycles. The number of rotatable bonds is 11. The van der Waals surface area contributed by atoms with Gasteiger partial charge in [-0.2, -0.15) is 0 Å². The number of halogens is 2. The molecule has 0 atom stereocenters. The lowest BCUT2D eigenvalue weighted by Crippen LogP contribution is -2.26. The Bertz CT molecular complexity index is 1060. The Balaban J connectivity index is 1.88. The van der Waals surface area contributed by atoms with Gasteiger partial charge in [0.2, 0.25) is 0 Å². The highest BCUT2D eigenvalue weighted by Gasteiger charge is 2.22. The lowest BCUT2D eigenvalue weighted by atomic mass is 10.2. The van der Waals surface area contributed by atoms with Gasteiger partial charge in [0.1, 0.15) is 5.82 Å². The Hall–Kier alpha value is -3.19. The second kappa shape index (κ2) is 11.6. The molecule has 3 rings (SSSR count). The minimum Gasteiger partial charge on any atom is -0.381 e. The van der Waals surface area contributed by atoms with Gasteiger partial charge < -0.3 is 19.5 Å². The summed E-state index contributed by atoms with van der Waals surface area (Å²) in [6.45, 7) is 4.05. The first-order chi connectivity index (χ1) is 15.9. The van der Waals surface area contributed by atoms with Gasteiger partial charge in [-0.3, -0.25) is 4.79 Å². The summed E-state index contributed by atoms with van der Waals surface area (Å²) in [5.74, 6) is -1.33. The molecule has 0 bridgehead atoms. The molecule has 176 valence electrons. The van der Waals surface area contributed by atoms with Gasteiger partial charge in [0.05, 0.1) is 12.2 Å². The van der Waals surface area contributed by atoms with Crippen LogP contribution in [0.25, 0.3) is 0 Å². The molecule has 5 nitrogen and oxygen atoms in total. The first-order valence-corrected chi connectivity index (χ1v) is 11.1. The van der Waals surface area contributed by atoms with Gasteiger partial charge in [0.15, 0.2) is 11.6 Å². The smallest absolute Gasteiger partial charge is 0.255 e. The molecule has 0 aliphatic carbocycles. The fourth-order valence-corrected chi connectivity index (χ4v) is 3.74. The maximum Gasteiger partial charge on any atom is 0.255 e. The van der Waals surface area contributed by atoms with E-state index in [-0.39, 0.29) is 12.5 Å². The summed E-state index contributed by atoms with van der Waals surface area (Å²) in [7, 11) is 3.81. The molecule has 3 aromatic rings. The predicted octanol–water partition coefficient (Wildman–Crippen LogP) is 4.78. The molecular weight excluding hydrogens is 424 g/mol. The average molecular weight is 456 g/mol. The van der Waals surface area contributed by atoms with Crippen LogP contribution in [-0.4, -0.2) is 37.8 Å². The highest BCUT2D eigenvalue weighted by molar-refractivity contribution is 5.99. The number of amides is 1. The van der Waals surface area contributed by atoms with Gasteiger partial charge in [0.25, 0.3) is 5.91 Å². The summed E-state index contributed by atoms with van der Waals surface area (Å²) in [6, 6.07) is 15.6. The van der Waals surface area contributed by atoms with E-state index in [1.165, 1.54) is 6.07 Å². The minimum atomic E-state index is -0.931. The van der Waals surface area contributed by atoms with Gasteiger partial charge in [-0.1, -0.05) is 43.3 Å². The topological polar surface area (TPSA) is 46.5 Å². The monoisotopic (exact) mass is 455 g/mol. The lowest BCUT2D eigenvalue weighted by Gasteiger charge is -2.20. The number of aromatic nitrogens is 1. The van der Waals surface area contributed by atoms with Gasteiger partial charge in [-0.15, -0.1) is 0 Å². The Morgan fingerprint density at radius 3 is 2.42 bits per heavy atom. The molecule has 1 aromatic heterocycles. The van der Waals surface area contributed by atoms with Crippen molar-refractivity contribution in [3.05, 3.63) is 88.6 Å². The summed E-state index contributed by atoms with van der Waals surface area (Å²) in [6.07, 6.45) is 1.62. The predicted molar refractivity (Wildman–Crippen MR) is 127 cm³/mol. The van der Waals surface area contributed by atoms with Crippen LogP contribution < -0.4 is 10.2 Å². The molecular formula is C26H31F2N3O2. The Morgan fingerprint density at radius 1 is 1.00 bits per heavy atom. The molecule has 0 aliphatic rings. The van der Waals surface area contributed by atoms with Crippen molar-refractivity contribution in [3.8, 4) is 0 Å². The first-order valence-electron chi connectivity index (χ1n) is 11.1. The number of nitrogens with zero attached hydrogens (tertiary/aromatic N) is 2. The SMILES string of the molecule is CCCOCCc1cc(C(=O)NCc2ccc(F)c(F)c2)c(N(C)C)n1Cc1ccccc1. The van der Waals surface area contributed by atoms with Crippen molar-refractivity contribution in [2.75, 3.05) is 32.2 Å². The van der Waals surface area contributed by atoms with Gasteiger partial charge in [-0.05, 0) is 35.7 Å². The van der Waals surface area contributed by atoms with E-state index >= 15 is 0 Å². The van der Waals surface area contributed by atoms with Crippen LogP contribution in [-0.2, 0) is 24.2 Å². The zero-order chi connectivity index (χ0) is 23.8. The van der Waals surface area contributed by atoms with E-state index in [9.17, 15) is 13.6 Å². The third-order valence-corrected chi connectivity index (χ3v) is 5.29. The maximum atomic E-state index is 13.5. The second-order valence-electron chi connectivity index (χ2n) is 8.13. The summed E-state index contributed by atoms with van der Waals surface area (Å²) >= 11 is 0. The van der Waals surface area contributed by atoms with E-state index in [2.05, 4.69) is 28.9 Å². The third kappa shape index (κ3) is 6.42. The molecule has 7 heteroatoms. The molecule has 0 fully saturated rings. The van der Waals surface area contributed by atoms with E-state index in [4.69, 9.17) is 4.74 Å². The standard InChI is InChI=1S/C26H31F2N3O2/c1-4-13-33-14-12-21-16-22(25(32)29-17-20-10-11-23(27)24(28)15-20)26(30(2)3)31(21)18-19-8-6-5-7-9-19/h5-11,15-16H,4,12-14,17-18H2,1-3H3,(H,29,32). The molecule has 0 saturated carbocycles. The highest BCUT2D eigenvalue weighted by atomic mass is 19.2. The Morgan fingerprint density at radius 2 is 1.76 bits per heavy atom. The number of carbonyl (C=O) groups excluding carboxylic acids is 1. The van der Waals surface area contributed by atoms with E-state index in [1.54, 1.807) is 0 Å². The number of anilines is 1. The fourth-order valence-electron chi connectivity index (χ4n) is 3.74. The van der Waals surface area contributed by atoms with Crippen molar-refractivity contribution in [1.82, 2.24) is 9.88 Å². The molecule has 0 unspecified atom stereocenters. The molecule has 2 aromatic carbocycles. The number of hydrogen-bond acceptors (Lipinski definition) is 3. The van der Waals surface area contributed by atoms with Crippen LogP contribution in [0.2, 0.25) is 0 Å². The molecule has 1 N–H and O–H groups in total. The van der Waals surface area contributed by atoms with Crippen LogP contribution in [0, 0.1) is 11.6 Å². The van der Waals surface area contributed by atoms with Gasteiger partial charge >= 0.3 is 0 Å². The van der Waals surface area contributed by atoms with Crippen molar-refractivity contribution >= 4 is 11.7 Å². The molecule has 0 spiro atoms. The van der Waals surface area contributed by atoms with Crippen molar-refractivity contribution in [1.29, 1.82) is 0 Å². The number of hydrogen-bond donors (Lipinski definition) is 1. The molecule has 1 amide bonds. The summed E-state index contributed by atoms with van der Waals surface area (Å²) in [5.41, 5.74) is 3.15. The zero-order valence-corrected chi connectivity index (χ0v) is 19.4. The van der Waals surface area contributed by atoms with Gasteiger partial charge in [0, 0.05) is 45.9 Å². The minimum absolute atomic E-state index is 0.0989. The van der Waals surface area contributed by atoms with Crippen molar-refractivity contribution in [2.45, 2.75) is 32.9 Å². The fraction of sp³-hybridized carbons (Fsp3) is 0.346. The number of nitrogens with one attached hydrogen (secondary N) is 1. The number of ether oxygens (including phenoxy) is 1. The average Bonchev–Trinajstić information content (AvgIpc) is 3.16. The number of carbonyl (C=O) groups is 1. The molecule has 0 radical (unpaired) electrons. The van der Waals surface area contributed by atoms with Crippen molar-refractivity contribution < 1.29 is 18.3 Å². The largest absolute Gasteiger partial charge is 0.381 e. The van der Waals surface area contributed by atoms with Crippen LogP contribution in [0.5, 0.6) is 0 Å².